The van der Waals surface area contributed by atoms with Crippen molar-refractivity contribution < 1.29 is 9.90 Å². The Bertz CT molecular complexity index is 1300. The number of nitrogens with one attached hydrogen (secondary N) is 1. The minimum atomic E-state index is 0.0390. The molecule has 6 atom stereocenters. The van der Waals surface area contributed by atoms with E-state index < -0.39 is 0 Å². The number of carbonyl (C=O) groups excluding carboxylic acids is 1. The monoisotopic (exact) mass is 497 g/mol. The molecule has 1 saturated heterocycles. The van der Waals surface area contributed by atoms with Gasteiger partial charge in [-0.25, -0.2) is 4.98 Å². The predicted octanol–water partition coefficient (Wildman–Crippen LogP) is 4.36. The molecule has 184 valence electrons. The van der Waals surface area contributed by atoms with Crippen molar-refractivity contribution in [2.24, 2.45) is 17.8 Å². The zero-order valence-electron chi connectivity index (χ0n) is 20.2. The molecule has 3 aromatic rings. The number of aromatic nitrogens is 1. The van der Waals surface area contributed by atoms with Gasteiger partial charge in [-0.1, -0.05) is 42.5 Å². The Morgan fingerprint density at radius 2 is 1.89 bits per heavy atom. The number of carbonyl (C=O) groups is 1. The summed E-state index contributed by atoms with van der Waals surface area (Å²) in [7, 11) is 0. The zero-order valence-corrected chi connectivity index (χ0v) is 21.0. The maximum atomic E-state index is 13.3. The van der Waals surface area contributed by atoms with Gasteiger partial charge in [-0.05, 0) is 65.1 Å². The summed E-state index contributed by atoms with van der Waals surface area (Å²) < 4.78 is 0. The Kier molecular flexibility index (Phi) is 5.55. The van der Waals surface area contributed by atoms with Crippen LogP contribution in [0.2, 0.25) is 0 Å². The normalized spacial score (nSPS) is 29.2. The first-order valence-electron chi connectivity index (χ1n) is 13.1. The summed E-state index contributed by atoms with van der Waals surface area (Å²) >= 11 is 1.77. The van der Waals surface area contributed by atoms with Gasteiger partial charge in [0.25, 0.3) is 0 Å². The van der Waals surface area contributed by atoms with Crippen molar-refractivity contribution in [3.05, 3.63) is 89.1 Å². The zero-order chi connectivity index (χ0) is 24.2. The molecule has 7 rings (SSSR count). The average Bonchev–Trinajstić information content (AvgIpc) is 3.58. The maximum Gasteiger partial charge on any atom is 0.224 e. The lowest BCUT2D eigenvalue weighted by Crippen LogP contribution is -2.51. The van der Waals surface area contributed by atoms with Crippen LogP contribution in [0.25, 0.3) is 0 Å². The Morgan fingerprint density at radius 3 is 2.75 bits per heavy atom. The van der Waals surface area contributed by atoms with Crippen LogP contribution in [0.3, 0.4) is 0 Å². The summed E-state index contributed by atoms with van der Waals surface area (Å²) in [5, 5.41) is 14.0. The van der Waals surface area contributed by atoms with Gasteiger partial charge in [0.15, 0.2) is 0 Å². The van der Waals surface area contributed by atoms with Crippen LogP contribution in [0.1, 0.15) is 40.5 Å². The summed E-state index contributed by atoms with van der Waals surface area (Å²) in [6.07, 6.45) is 3.64. The van der Waals surface area contributed by atoms with Gasteiger partial charge < -0.3 is 15.3 Å². The Labute approximate surface area is 216 Å². The molecule has 6 heteroatoms. The first kappa shape index (κ1) is 22.4. The summed E-state index contributed by atoms with van der Waals surface area (Å²) in [6.45, 7) is 1.81. The molecule has 0 spiro atoms. The quantitative estimate of drug-likeness (QED) is 0.496. The second kappa shape index (κ2) is 8.93. The van der Waals surface area contributed by atoms with E-state index in [1.165, 1.54) is 27.9 Å². The Balaban J connectivity index is 1.29. The summed E-state index contributed by atoms with van der Waals surface area (Å²) in [6, 6.07) is 22.2. The van der Waals surface area contributed by atoms with E-state index in [2.05, 4.69) is 63.7 Å². The molecule has 0 radical (unpaired) electrons. The van der Waals surface area contributed by atoms with E-state index in [0.717, 1.165) is 36.7 Å². The van der Waals surface area contributed by atoms with Gasteiger partial charge in [-0.3, -0.25) is 4.79 Å². The summed E-state index contributed by atoms with van der Waals surface area (Å²) in [5.74, 6) is 2.47. The van der Waals surface area contributed by atoms with E-state index in [1.807, 2.05) is 18.3 Å². The largest absolute Gasteiger partial charge is 0.396 e. The van der Waals surface area contributed by atoms with Gasteiger partial charge >= 0.3 is 0 Å². The van der Waals surface area contributed by atoms with Crippen LogP contribution in [0.4, 0.5) is 5.69 Å². The van der Waals surface area contributed by atoms with Gasteiger partial charge in [0, 0.05) is 55.2 Å². The van der Waals surface area contributed by atoms with Crippen molar-refractivity contribution in [3.63, 3.8) is 0 Å². The van der Waals surface area contributed by atoms with Crippen LogP contribution in [0.5, 0.6) is 0 Å². The second-order valence-electron chi connectivity index (χ2n) is 10.7. The number of rotatable bonds is 6. The highest BCUT2D eigenvalue weighted by Crippen LogP contribution is 2.62. The molecular formula is C30H31N3O2S. The first-order chi connectivity index (χ1) is 17.7. The average molecular weight is 498 g/mol. The number of nitrogens with zero attached hydrogens (tertiary/aromatic N) is 2. The molecular weight excluding hydrogens is 466 g/mol. The summed E-state index contributed by atoms with van der Waals surface area (Å²) in [4.78, 5) is 20.3. The third-order valence-corrected chi connectivity index (χ3v) is 9.98. The minimum absolute atomic E-state index is 0.0390. The smallest absolute Gasteiger partial charge is 0.224 e. The Morgan fingerprint density at radius 1 is 1.00 bits per heavy atom. The molecule has 2 aliphatic carbocycles. The Hall–Kier alpha value is -2.83. The molecule has 3 heterocycles. The first-order valence-corrected chi connectivity index (χ1v) is 14.1. The van der Waals surface area contributed by atoms with Crippen LogP contribution in [-0.4, -0.2) is 41.7 Å². The predicted molar refractivity (Wildman–Crippen MR) is 142 cm³/mol. The van der Waals surface area contributed by atoms with Crippen LogP contribution >= 0.6 is 11.8 Å². The molecule has 36 heavy (non-hydrogen) atoms. The van der Waals surface area contributed by atoms with Crippen LogP contribution in [0.15, 0.2) is 71.9 Å². The fraction of sp³-hybridized carbons (Fsp3) is 0.400. The molecule has 4 aliphatic rings. The molecule has 1 saturated carbocycles. The van der Waals surface area contributed by atoms with E-state index in [-0.39, 0.29) is 24.3 Å². The lowest BCUT2D eigenvalue weighted by atomic mass is 9.60. The molecule has 2 fully saturated rings. The molecule has 1 aromatic heterocycles. The maximum absolute atomic E-state index is 13.3. The van der Waals surface area contributed by atoms with Gasteiger partial charge in [0.2, 0.25) is 5.91 Å². The van der Waals surface area contributed by atoms with Gasteiger partial charge in [-0.15, -0.1) is 11.8 Å². The number of benzene rings is 2. The fourth-order valence-electron chi connectivity index (χ4n) is 7.73. The van der Waals surface area contributed by atoms with Gasteiger partial charge in [0.1, 0.15) is 0 Å². The minimum Gasteiger partial charge on any atom is -0.396 e. The number of fused-ring (bicyclic) bond motifs is 10. The topological polar surface area (TPSA) is 65.5 Å². The molecule has 5 nitrogen and oxygen atoms in total. The number of aliphatic hydroxyl groups excluding tert-OH is 1. The fourth-order valence-corrected chi connectivity index (χ4v) is 8.53. The van der Waals surface area contributed by atoms with E-state index >= 15 is 0 Å². The highest BCUT2D eigenvalue weighted by atomic mass is 32.2. The number of aliphatic hydroxyl groups is 1. The third-order valence-electron chi connectivity index (χ3n) is 8.96. The van der Waals surface area contributed by atoms with Crippen LogP contribution in [-0.2, 0) is 17.0 Å². The van der Waals surface area contributed by atoms with Crippen molar-refractivity contribution in [1.82, 2.24) is 10.3 Å². The van der Waals surface area contributed by atoms with E-state index in [0.29, 0.717) is 23.8 Å². The third kappa shape index (κ3) is 3.41. The second-order valence-corrected chi connectivity index (χ2v) is 11.7. The van der Waals surface area contributed by atoms with Crippen molar-refractivity contribution >= 4 is 23.4 Å². The summed E-state index contributed by atoms with van der Waals surface area (Å²) in [5.41, 5.74) is 6.81. The molecule has 2 N–H and O–H groups in total. The highest BCUT2D eigenvalue weighted by Gasteiger charge is 2.61. The molecule has 6 unspecified atom stereocenters. The SMILES string of the molecule is O=C1NCC2C1C1c3ccccc3CC1C1C2c2cc(CSc3ccccn3)ccc2N1CCCO. The van der Waals surface area contributed by atoms with Gasteiger partial charge in [0.05, 0.1) is 10.9 Å². The van der Waals surface area contributed by atoms with Crippen LogP contribution in [0, 0.1) is 17.8 Å². The van der Waals surface area contributed by atoms with Crippen molar-refractivity contribution in [2.45, 2.75) is 41.5 Å². The molecule has 2 aliphatic heterocycles. The lowest BCUT2D eigenvalue weighted by molar-refractivity contribution is -0.125. The van der Waals surface area contributed by atoms with Crippen molar-refractivity contribution in [2.75, 3.05) is 24.6 Å². The number of pyridine rings is 1. The van der Waals surface area contributed by atoms with E-state index in [1.54, 1.807) is 11.8 Å². The standard InChI is InChI=1S/C30H31N3O2S/c34-13-5-12-33-24-10-9-18(17-36-25-8-3-4-11-31-25)14-21(24)27-23-16-32-30(35)28(23)26-20-7-2-1-6-19(20)15-22(26)29(27)33/h1-4,6-11,14,22-23,26-29,34H,5,12-13,15-17H2,(H,32,35). The molecule has 2 aromatic carbocycles. The lowest BCUT2D eigenvalue weighted by Gasteiger charge is -2.47. The van der Waals surface area contributed by atoms with E-state index in [4.69, 9.17) is 0 Å². The number of hydrogen-bond acceptors (Lipinski definition) is 5. The molecule has 0 bridgehead atoms. The van der Waals surface area contributed by atoms with Crippen LogP contribution < -0.4 is 10.2 Å². The van der Waals surface area contributed by atoms with Gasteiger partial charge in [-0.2, -0.15) is 0 Å². The van der Waals surface area contributed by atoms with E-state index in [9.17, 15) is 9.90 Å². The van der Waals surface area contributed by atoms with Crippen molar-refractivity contribution in [3.8, 4) is 0 Å². The number of thioether (sulfide) groups is 1. The number of anilines is 1. The number of amides is 1. The molecule has 1 amide bonds. The highest BCUT2D eigenvalue weighted by molar-refractivity contribution is 7.98. The van der Waals surface area contributed by atoms with Crippen molar-refractivity contribution in [1.29, 1.82) is 0 Å². The number of hydrogen-bond donors (Lipinski definition) is 2.